The second kappa shape index (κ2) is 6.02. The van der Waals surface area contributed by atoms with Crippen molar-refractivity contribution in [2.24, 2.45) is 0 Å². The van der Waals surface area contributed by atoms with Gasteiger partial charge in [0.05, 0.1) is 23.3 Å². The largest absolute Gasteiger partial charge is 0.462 e. The number of hydrogen-bond acceptors (Lipinski definition) is 6. The molecule has 0 aliphatic carbocycles. The molecule has 0 radical (unpaired) electrons. The zero-order chi connectivity index (χ0) is 17.4. The highest BCUT2D eigenvalue weighted by Gasteiger charge is 2.31. The summed E-state index contributed by atoms with van der Waals surface area (Å²) in [5, 5.41) is 1.65. The van der Waals surface area contributed by atoms with Crippen LogP contribution in [0.15, 0.2) is 51.5 Å². The third-order valence-electron chi connectivity index (χ3n) is 3.00. The van der Waals surface area contributed by atoms with Crippen molar-refractivity contribution in [1.29, 1.82) is 0 Å². The van der Waals surface area contributed by atoms with Crippen LogP contribution < -0.4 is 0 Å². The molecule has 126 valence electrons. The lowest BCUT2D eigenvalue weighted by atomic mass is 10.3. The van der Waals surface area contributed by atoms with Crippen molar-refractivity contribution < 1.29 is 26.0 Å². The van der Waals surface area contributed by atoms with E-state index in [0.717, 1.165) is 6.07 Å². The van der Waals surface area contributed by atoms with Crippen molar-refractivity contribution in [2.75, 3.05) is 0 Å². The fourth-order valence-electron chi connectivity index (χ4n) is 1.89. The maximum Gasteiger partial charge on any atom is 0.417 e. The van der Waals surface area contributed by atoms with Crippen molar-refractivity contribution in [1.82, 2.24) is 9.97 Å². The number of hydrogen-bond donors (Lipinski definition) is 0. The first-order valence-electron chi connectivity index (χ1n) is 6.50. The molecule has 5 nitrogen and oxygen atoms in total. The first kappa shape index (κ1) is 16.7. The van der Waals surface area contributed by atoms with Gasteiger partial charge in [-0.25, -0.2) is 18.4 Å². The van der Waals surface area contributed by atoms with Gasteiger partial charge in [-0.1, -0.05) is 0 Å². The first-order chi connectivity index (χ1) is 11.3. The topological polar surface area (TPSA) is 73.1 Å². The highest BCUT2D eigenvalue weighted by atomic mass is 32.2. The first-order valence-corrected chi connectivity index (χ1v) is 9.03. The molecular weight excluding hydrogens is 365 g/mol. The molecule has 3 rings (SSSR count). The van der Waals surface area contributed by atoms with Crippen LogP contribution in [0.2, 0.25) is 0 Å². The van der Waals surface area contributed by atoms with E-state index in [1.807, 2.05) is 0 Å². The van der Waals surface area contributed by atoms with Gasteiger partial charge in [-0.2, -0.15) is 13.2 Å². The summed E-state index contributed by atoms with van der Waals surface area (Å²) in [6.07, 6.45) is -2.59. The van der Waals surface area contributed by atoms with Crippen LogP contribution in [0.4, 0.5) is 13.2 Å². The third kappa shape index (κ3) is 3.49. The second-order valence-electron chi connectivity index (χ2n) is 4.76. The Morgan fingerprint density at radius 3 is 2.58 bits per heavy atom. The molecule has 0 bridgehead atoms. The summed E-state index contributed by atoms with van der Waals surface area (Å²) < 4.78 is 67.2. The van der Waals surface area contributed by atoms with E-state index in [1.54, 1.807) is 17.5 Å². The molecule has 0 aliphatic heterocycles. The third-order valence-corrected chi connectivity index (χ3v) is 5.46. The summed E-state index contributed by atoms with van der Waals surface area (Å²) >= 11 is 1.21. The summed E-state index contributed by atoms with van der Waals surface area (Å²) in [7, 11) is -3.90. The smallest absolute Gasteiger partial charge is 0.417 e. The van der Waals surface area contributed by atoms with Gasteiger partial charge < -0.3 is 4.42 Å². The SMILES string of the molecule is O=S(=O)(Cc1csc(-c2ccco2)n1)c1ccc(C(F)(F)F)cn1. The van der Waals surface area contributed by atoms with Gasteiger partial charge in [-0.05, 0) is 24.3 Å². The Morgan fingerprint density at radius 1 is 1.21 bits per heavy atom. The van der Waals surface area contributed by atoms with E-state index in [-0.39, 0.29) is 5.69 Å². The molecular formula is C14H9F3N2O3S2. The minimum Gasteiger partial charge on any atom is -0.462 e. The van der Waals surface area contributed by atoms with Crippen LogP contribution in [0.3, 0.4) is 0 Å². The predicted octanol–water partition coefficient (Wildman–Crippen LogP) is 3.79. The summed E-state index contributed by atoms with van der Waals surface area (Å²) in [4.78, 5) is 7.58. The number of thiazole rings is 1. The minimum absolute atomic E-state index is 0.271. The van der Waals surface area contributed by atoms with E-state index in [9.17, 15) is 21.6 Å². The second-order valence-corrected chi connectivity index (χ2v) is 7.56. The number of pyridine rings is 1. The molecule has 0 saturated heterocycles. The molecule has 0 spiro atoms. The molecule has 0 atom stereocenters. The van der Waals surface area contributed by atoms with E-state index < -0.39 is 32.4 Å². The van der Waals surface area contributed by atoms with Gasteiger partial charge in [-0.3, -0.25) is 0 Å². The molecule has 10 heteroatoms. The predicted molar refractivity (Wildman–Crippen MR) is 79.9 cm³/mol. The number of furan rings is 1. The Kier molecular flexibility index (Phi) is 4.18. The number of aromatic nitrogens is 2. The lowest BCUT2D eigenvalue weighted by Gasteiger charge is -2.07. The maximum absolute atomic E-state index is 12.5. The van der Waals surface area contributed by atoms with Crippen LogP contribution >= 0.6 is 11.3 Å². The molecule has 3 heterocycles. The molecule has 0 unspecified atom stereocenters. The van der Waals surface area contributed by atoms with Gasteiger partial charge in [0, 0.05) is 11.6 Å². The fourth-order valence-corrected chi connectivity index (χ4v) is 3.95. The van der Waals surface area contributed by atoms with Crippen LogP contribution in [-0.2, 0) is 21.8 Å². The fraction of sp³-hybridized carbons (Fsp3) is 0.143. The van der Waals surface area contributed by atoms with Gasteiger partial charge in [-0.15, -0.1) is 11.3 Å². The highest BCUT2D eigenvalue weighted by Crippen LogP contribution is 2.29. The van der Waals surface area contributed by atoms with E-state index in [0.29, 0.717) is 23.0 Å². The quantitative estimate of drug-likeness (QED) is 0.695. The molecule has 3 aromatic heterocycles. The van der Waals surface area contributed by atoms with Gasteiger partial charge in [0.25, 0.3) is 0 Å². The lowest BCUT2D eigenvalue weighted by Crippen LogP contribution is -2.10. The van der Waals surface area contributed by atoms with Crippen LogP contribution in [0.25, 0.3) is 10.8 Å². The highest BCUT2D eigenvalue weighted by molar-refractivity contribution is 7.90. The number of rotatable bonds is 4. The minimum atomic E-state index is -4.57. The molecule has 0 saturated carbocycles. The van der Waals surface area contributed by atoms with Crippen LogP contribution in [0.1, 0.15) is 11.3 Å². The molecule has 0 fully saturated rings. The van der Waals surface area contributed by atoms with Gasteiger partial charge >= 0.3 is 6.18 Å². The van der Waals surface area contributed by atoms with Crippen molar-refractivity contribution in [3.05, 3.63) is 53.4 Å². The average Bonchev–Trinajstić information content (AvgIpc) is 3.17. The normalized spacial score (nSPS) is 12.5. The Hall–Kier alpha value is -2.20. The summed E-state index contributed by atoms with van der Waals surface area (Å²) in [6, 6.07) is 4.90. The zero-order valence-corrected chi connectivity index (χ0v) is 13.5. The van der Waals surface area contributed by atoms with Gasteiger partial charge in [0.1, 0.15) is 0 Å². The number of nitrogens with zero attached hydrogens (tertiary/aromatic N) is 2. The molecule has 0 aliphatic rings. The van der Waals surface area contributed by atoms with E-state index in [4.69, 9.17) is 4.42 Å². The Balaban J connectivity index is 1.81. The molecule has 0 aromatic carbocycles. The molecule has 0 N–H and O–H groups in total. The number of halogens is 3. The van der Waals surface area contributed by atoms with E-state index in [2.05, 4.69) is 9.97 Å². The monoisotopic (exact) mass is 374 g/mol. The number of alkyl halides is 3. The summed E-state index contributed by atoms with van der Waals surface area (Å²) in [6.45, 7) is 0. The molecule has 24 heavy (non-hydrogen) atoms. The van der Waals surface area contributed by atoms with E-state index in [1.165, 1.54) is 17.6 Å². The Labute approximate surface area is 138 Å². The molecule has 0 amide bonds. The van der Waals surface area contributed by atoms with Crippen molar-refractivity contribution in [3.8, 4) is 10.8 Å². The average molecular weight is 374 g/mol. The van der Waals surface area contributed by atoms with Crippen molar-refractivity contribution in [2.45, 2.75) is 17.0 Å². The Morgan fingerprint density at radius 2 is 2.00 bits per heavy atom. The van der Waals surface area contributed by atoms with Gasteiger partial charge in [0.15, 0.2) is 15.8 Å². The maximum atomic E-state index is 12.5. The van der Waals surface area contributed by atoms with E-state index >= 15 is 0 Å². The van der Waals surface area contributed by atoms with Crippen LogP contribution in [0, 0.1) is 0 Å². The standard InChI is InChI=1S/C14H9F3N2O3S2/c15-14(16,17)9-3-4-12(18-6-9)24(20,21)8-10-7-23-13(19-10)11-2-1-5-22-11/h1-7H,8H2. The van der Waals surface area contributed by atoms with Gasteiger partial charge in [0.2, 0.25) is 9.84 Å². The van der Waals surface area contributed by atoms with Crippen molar-refractivity contribution in [3.63, 3.8) is 0 Å². The molecule has 3 aromatic rings. The summed E-state index contributed by atoms with van der Waals surface area (Å²) in [5.41, 5.74) is -0.733. The Bertz CT molecular complexity index is 931. The lowest BCUT2D eigenvalue weighted by molar-refractivity contribution is -0.137. The summed E-state index contributed by atoms with van der Waals surface area (Å²) in [5.74, 6) is 0.0547. The van der Waals surface area contributed by atoms with Crippen LogP contribution in [-0.4, -0.2) is 18.4 Å². The van der Waals surface area contributed by atoms with Crippen LogP contribution in [0.5, 0.6) is 0 Å². The number of sulfone groups is 1. The van der Waals surface area contributed by atoms with Crippen molar-refractivity contribution >= 4 is 21.2 Å². The zero-order valence-electron chi connectivity index (χ0n) is 11.8.